The molecule has 0 heterocycles. The number of hydrogen-bond acceptors (Lipinski definition) is 2. The first kappa shape index (κ1) is 11.5. The smallest absolute Gasteiger partial charge is 0.164 e. The zero-order valence-corrected chi connectivity index (χ0v) is 11.0. The lowest BCUT2D eigenvalue weighted by Crippen LogP contribution is -1.96. The zero-order chi connectivity index (χ0) is 12.5. The summed E-state index contributed by atoms with van der Waals surface area (Å²) in [4.78, 5) is 13.2. The normalized spacial score (nSPS) is 17.8. The van der Waals surface area contributed by atoms with Crippen LogP contribution in [0, 0.1) is 0 Å². The summed E-state index contributed by atoms with van der Waals surface area (Å²) in [6.45, 7) is 0. The summed E-state index contributed by atoms with van der Waals surface area (Å²) in [6, 6.07) is 16.5. The highest BCUT2D eigenvalue weighted by Gasteiger charge is 2.29. The molecule has 0 bridgehead atoms. The highest BCUT2D eigenvalue weighted by atomic mass is 32.2. The van der Waals surface area contributed by atoms with E-state index >= 15 is 0 Å². The predicted octanol–water partition coefficient (Wildman–Crippen LogP) is 4.13. The Bertz CT molecular complexity index is 586. The summed E-state index contributed by atoms with van der Waals surface area (Å²) in [6.07, 6.45) is 2.68. The van der Waals surface area contributed by atoms with Gasteiger partial charge < -0.3 is 0 Å². The molecule has 0 radical (unpaired) electrons. The van der Waals surface area contributed by atoms with Crippen molar-refractivity contribution in [2.75, 3.05) is 6.26 Å². The largest absolute Gasteiger partial charge is 0.294 e. The van der Waals surface area contributed by atoms with Gasteiger partial charge in [-0.25, -0.2) is 0 Å². The third-order valence-electron chi connectivity index (χ3n) is 3.54. The summed E-state index contributed by atoms with van der Waals surface area (Å²) < 4.78 is 0. The summed E-state index contributed by atoms with van der Waals surface area (Å²) >= 11 is 1.74. The molecule has 1 nitrogen and oxygen atoms in total. The molecule has 2 heteroatoms. The Balaban J connectivity index is 2.01. The maximum absolute atomic E-state index is 12.0. The van der Waals surface area contributed by atoms with Crippen LogP contribution < -0.4 is 0 Å². The Morgan fingerprint density at radius 2 is 1.78 bits per heavy atom. The first-order valence-electron chi connectivity index (χ1n) is 6.05. The van der Waals surface area contributed by atoms with E-state index < -0.39 is 0 Å². The Hall–Kier alpha value is -1.54. The van der Waals surface area contributed by atoms with Crippen molar-refractivity contribution in [3.05, 3.63) is 65.2 Å². The van der Waals surface area contributed by atoms with Crippen LogP contribution in [0.1, 0.15) is 33.8 Å². The van der Waals surface area contributed by atoms with Crippen molar-refractivity contribution in [3.8, 4) is 0 Å². The third kappa shape index (κ3) is 1.87. The molecule has 1 aliphatic rings. The van der Waals surface area contributed by atoms with E-state index in [0.29, 0.717) is 6.42 Å². The van der Waals surface area contributed by atoms with Gasteiger partial charge in [-0.15, -0.1) is 11.8 Å². The van der Waals surface area contributed by atoms with E-state index in [2.05, 4.69) is 36.6 Å². The van der Waals surface area contributed by atoms with Crippen molar-refractivity contribution in [1.29, 1.82) is 0 Å². The summed E-state index contributed by atoms with van der Waals surface area (Å²) in [5, 5.41) is 0. The maximum atomic E-state index is 12.0. The minimum absolute atomic E-state index is 0.240. The van der Waals surface area contributed by atoms with Crippen LogP contribution in [-0.4, -0.2) is 12.0 Å². The van der Waals surface area contributed by atoms with Crippen LogP contribution in [0.3, 0.4) is 0 Å². The molecule has 0 spiro atoms. The molecular formula is C16H14OS. The molecule has 1 atom stereocenters. The van der Waals surface area contributed by atoms with Crippen LogP contribution in [0.15, 0.2) is 53.4 Å². The van der Waals surface area contributed by atoms with Gasteiger partial charge >= 0.3 is 0 Å². The highest BCUT2D eigenvalue weighted by molar-refractivity contribution is 7.98. The lowest BCUT2D eigenvalue weighted by molar-refractivity contribution is 0.0991. The second-order valence-corrected chi connectivity index (χ2v) is 5.42. The fourth-order valence-corrected chi connectivity index (χ4v) is 3.00. The van der Waals surface area contributed by atoms with Crippen molar-refractivity contribution in [1.82, 2.24) is 0 Å². The number of Topliss-reactive ketones (excluding diaryl/α,β-unsaturated/α-hetero) is 1. The fraction of sp³-hybridized carbons (Fsp3) is 0.188. The van der Waals surface area contributed by atoms with Crippen molar-refractivity contribution in [3.63, 3.8) is 0 Å². The molecule has 0 aromatic heterocycles. The standard InChI is InChI=1S/C16H14OS/c1-18-12-8-6-11(7-9-12)15-10-16(17)14-5-3-2-4-13(14)15/h2-9,15H,10H2,1H3/t15-/m1/s1. The van der Waals surface area contributed by atoms with Gasteiger partial charge in [0.05, 0.1) is 0 Å². The molecule has 0 saturated carbocycles. The topological polar surface area (TPSA) is 17.1 Å². The van der Waals surface area contributed by atoms with Crippen LogP contribution in [0.5, 0.6) is 0 Å². The number of carbonyl (C=O) groups excluding carboxylic acids is 1. The molecule has 0 unspecified atom stereocenters. The average molecular weight is 254 g/mol. The van der Waals surface area contributed by atoms with Gasteiger partial charge in [0.25, 0.3) is 0 Å². The molecule has 0 fully saturated rings. The minimum atomic E-state index is 0.240. The van der Waals surface area contributed by atoms with Crippen molar-refractivity contribution in [2.24, 2.45) is 0 Å². The second-order valence-electron chi connectivity index (χ2n) is 4.54. The predicted molar refractivity (Wildman–Crippen MR) is 75.5 cm³/mol. The Morgan fingerprint density at radius 3 is 2.50 bits per heavy atom. The van der Waals surface area contributed by atoms with Gasteiger partial charge in [0, 0.05) is 22.8 Å². The van der Waals surface area contributed by atoms with E-state index in [1.807, 2.05) is 18.2 Å². The van der Waals surface area contributed by atoms with Crippen LogP contribution in [0.25, 0.3) is 0 Å². The first-order valence-corrected chi connectivity index (χ1v) is 7.28. The molecule has 18 heavy (non-hydrogen) atoms. The van der Waals surface area contributed by atoms with Gasteiger partial charge in [-0.3, -0.25) is 4.79 Å². The van der Waals surface area contributed by atoms with Gasteiger partial charge in [0.2, 0.25) is 0 Å². The van der Waals surface area contributed by atoms with Gasteiger partial charge in [-0.05, 0) is 29.5 Å². The third-order valence-corrected chi connectivity index (χ3v) is 4.29. The Labute approximate surface area is 111 Å². The highest BCUT2D eigenvalue weighted by Crippen LogP contribution is 2.38. The molecule has 0 aliphatic heterocycles. The molecule has 2 aromatic carbocycles. The number of fused-ring (bicyclic) bond motifs is 1. The van der Waals surface area contributed by atoms with Crippen molar-refractivity contribution >= 4 is 17.5 Å². The molecule has 3 rings (SSSR count). The van der Waals surface area contributed by atoms with E-state index in [1.54, 1.807) is 11.8 Å². The quantitative estimate of drug-likeness (QED) is 0.750. The molecular weight excluding hydrogens is 240 g/mol. The summed E-state index contributed by atoms with van der Waals surface area (Å²) in [5.74, 6) is 0.508. The fourth-order valence-electron chi connectivity index (χ4n) is 2.59. The Morgan fingerprint density at radius 1 is 1.06 bits per heavy atom. The van der Waals surface area contributed by atoms with Gasteiger partial charge in [0.15, 0.2) is 5.78 Å². The minimum Gasteiger partial charge on any atom is -0.294 e. The zero-order valence-electron chi connectivity index (χ0n) is 10.2. The lowest BCUT2D eigenvalue weighted by Gasteiger charge is -2.11. The number of hydrogen-bond donors (Lipinski definition) is 0. The number of benzene rings is 2. The molecule has 0 amide bonds. The van der Waals surface area contributed by atoms with Crippen LogP contribution in [0.4, 0.5) is 0 Å². The SMILES string of the molecule is CSc1ccc([C@H]2CC(=O)c3ccccc32)cc1. The molecule has 90 valence electrons. The monoisotopic (exact) mass is 254 g/mol. The van der Waals surface area contributed by atoms with Gasteiger partial charge in [-0.1, -0.05) is 36.4 Å². The van der Waals surface area contributed by atoms with E-state index in [-0.39, 0.29) is 11.7 Å². The lowest BCUT2D eigenvalue weighted by atomic mass is 9.93. The average Bonchev–Trinajstić information content (AvgIpc) is 2.77. The molecule has 1 aliphatic carbocycles. The first-order chi connectivity index (χ1) is 8.79. The van der Waals surface area contributed by atoms with Gasteiger partial charge in [-0.2, -0.15) is 0 Å². The number of carbonyl (C=O) groups is 1. The number of rotatable bonds is 2. The second kappa shape index (κ2) is 4.62. The van der Waals surface area contributed by atoms with Crippen LogP contribution in [-0.2, 0) is 0 Å². The van der Waals surface area contributed by atoms with E-state index in [9.17, 15) is 4.79 Å². The van der Waals surface area contributed by atoms with E-state index in [1.165, 1.54) is 16.0 Å². The van der Waals surface area contributed by atoms with Crippen LogP contribution >= 0.6 is 11.8 Å². The Kier molecular flexibility index (Phi) is 2.96. The van der Waals surface area contributed by atoms with E-state index in [4.69, 9.17) is 0 Å². The summed E-state index contributed by atoms with van der Waals surface area (Å²) in [5.41, 5.74) is 3.32. The molecule has 2 aromatic rings. The van der Waals surface area contributed by atoms with Crippen molar-refractivity contribution < 1.29 is 4.79 Å². The maximum Gasteiger partial charge on any atom is 0.164 e. The number of ketones is 1. The van der Waals surface area contributed by atoms with Crippen molar-refractivity contribution in [2.45, 2.75) is 17.2 Å². The van der Waals surface area contributed by atoms with Gasteiger partial charge in [0.1, 0.15) is 0 Å². The molecule has 0 N–H and O–H groups in total. The summed E-state index contributed by atoms with van der Waals surface area (Å²) in [7, 11) is 0. The van der Waals surface area contributed by atoms with Crippen LogP contribution in [0.2, 0.25) is 0 Å². The van der Waals surface area contributed by atoms with E-state index in [0.717, 1.165) is 5.56 Å². The molecule has 0 saturated heterocycles. The number of thioether (sulfide) groups is 1.